The summed E-state index contributed by atoms with van der Waals surface area (Å²) in [6.45, 7) is 1.12. The van der Waals surface area contributed by atoms with Crippen molar-refractivity contribution >= 4 is 23.5 Å². The van der Waals surface area contributed by atoms with Crippen molar-refractivity contribution in [1.82, 2.24) is 0 Å². The molecule has 2 N–H and O–H groups in total. The second kappa shape index (κ2) is 3.22. The van der Waals surface area contributed by atoms with Crippen LogP contribution in [0, 0.1) is 0 Å². The molecule has 0 aliphatic heterocycles. The van der Waals surface area contributed by atoms with Crippen molar-refractivity contribution in [3.8, 4) is 0 Å². The van der Waals surface area contributed by atoms with Crippen molar-refractivity contribution in [3.63, 3.8) is 0 Å². The fourth-order valence-corrected chi connectivity index (χ4v) is 0.335. The van der Waals surface area contributed by atoms with Crippen LogP contribution in [0.4, 0.5) is 0 Å². The van der Waals surface area contributed by atoms with Crippen molar-refractivity contribution in [2.75, 3.05) is 0 Å². The van der Waals surface area contributed by atoms with Gasteiger partial charge >= 0.3 is 11.9 Å². The molecule has 0 heterocycles. The van der Waals surface area contributed by atoms with Crippen LogP contribution in [-0.2, 0) is 9.59 Å². The Bertz CT molecular complexity index is 184. The lowest BCUT2D eigenvalue weighted by molar-refractivity contribution is -0.135. The highest BCUT2D eigenvalue weighted by atomic mass is 35.5. The van der Waals surface area contributed by atoms with Gasteiger partial charge in [-0.3, -0.25) is 0 Å². The monoisotopic (exact) mass is 164 g/mol. The van der Waals surface area contributed by atoms with Gasteiger partial charge in [-0.2, -0.15) is 0 Å². The number of hydrogen-bond donors (Lipinski definition) is 2. The van der Waals surface area contributed by atoms with E-state index in [0.29, 0.717) is 0 Å². The summed E-state index contributed by atoms with van der Waals surface area (Å²) >= 11 is 5.06. The van der Waals surface area contributed by atoms with E-state index in [-0.39, 0.29) is 5.57 Å². The molecule has 4 nitrogen and oxygen atoms in total. The van der Waals surface area contributed by atoms with Crippen LogP contribution in [0.2, 0.25) is 0 Å². The Hall–Kier alpha value is -1.03. The van der Waals surface area contributed by atoms with Crippen LogP contribution in [0.3, 0.4) is 0 Å². The van der Waals surface area contributed by atoms with E-state index in [1.54, 1.807) is 0 Å². The lowest BCUT2D eigenvalue weighted by atomic mass is 10.3. The van der Waals surface area contributed by atoms with Gasteiger partial charge < -0.3 is 10.2 Å². The van der Waals surface area contributed by atoms with Crippen molar-refractivity contribution in [3.05, 3.63) is 10.6 Å². The summed E-state index contributed by atoms with van der Waals surface area (Å²) in [5.74, 6) is -2.76. The summed E-state index contributed by atoms with van der Waals surface area (Å²) in [7, 11) is 0. The second-order valence-corrected chi connectivity index (χ2v) is 1.93. The molecule has 0 atom stereocenters. The minimum absolute atomic E-state index is 0.367. The largest absolute Gasteiger partial charge is 0.478 e. The highest BCUT2D eigenvalue weighted by Crippen LogP contribution is 2.08. The molecule has 0 aromatic rings. The SMILES string of the molecule is C/C(C(=O)O)=C(\Cl)C(=O)O. The minimum Gasteiger partial charge on any atom is -0.478 e. The highest BCUT2D eigenvalue weighted by molar-refractivity contribution is 6.42. The topological polar surface area (TPSA) is 74.6 Å². The summed E-state index contributed by atoms with van der Waals surface area (Å²) in [5.41, 5.74) is -0.367. The normalized spacial score (nSPS) is 12.2. The first-order valence-electron chi connectivity index (χ1n) is 2.29. The van der Waals surface area contributed by atoms with Crippen molar-refractivity contribution in [2.45, 2.75) is 6.92 Å². The fraction of sp³-hybridized carbons (Fsp3) is 0.200. The summed E-state index contributed by atoms with van der Waals surface area (Å²) in [6, 6.07) is 0. The molecule has 0 saturated heterocycles. The van der Waals surface area contributed by atoms with Crippen molar-refractivity contribution < 1.29 is 19.8 Å². The van der Waals surface area contributed by atoms with Gasteiger partial charge in [-0.25, -0.2) is 9.59 Å². The number of hydrogen-bond acceptors (Lipinski definition) is 2. The summed E-state index contributed by atoms with van der Waals surface area (Å²) in [6.07, 6.45) is 0. The van der Waals surface area contributed by atoms with E-state index in [9.17, 15) is 9.59 Å². The first-order valence-corrected chi connectivity index (χ1v) is 2.67. The van der Waals surface area contributed by atoms with Crippen LogP contribution >= 0.6 is 11.6 Å². The zero-order valence-electron chi connectivity index (χ0n) is 5.09. The van der Waals surface area contributed by atoms with Crippen LogP contribution < -0.4 is 0 Å². The zero-order valence-corrected chi connectivity index (χ0v) is 5.84. The molecule has 0 aromatic heterocycles. The predicted octanol–water partition coefficient (Wildman–Crippen LogP) is 0.668. The molecule has 0 spiro atoms. The first-order chi connectivity index (χ1) is 4.46. The molecular formula is C5H5ClO4. The van der Waals surface area contributed by atoms with E-state index in [4.69, 9.17) is 21.8 Å². The molecule has 0 aromatic carbocycles. The van der Waals surface area contributed by atoms with E-state index >= 15 is 0 Å². The Morgan fingerprint density at radius 2 is 1.60 bits per heavy atom. The Kier molecular flexibility index (Phi) is 2.89. The Labute approximate surface area is 61.7 Å². The molecule has 0 radical (unpaired) electrons. The number of rotatable bonds is 2. The highest BCUT2D eigenvalue weighted by Gasteiger charge is 2.12. The first kappa shape index (κ1) is 8.97. The van der Waals surface area contributed by atoms with Crippen LogP contribution in [-0.4, -0.2) is 22.2 Å². The summed E-state index contributed by atoms with van der Waals surface area (Å²) < 4.78 is 0. The van der Waals surface area contributed by atoms with E-state index in [2.05, 4.69) is 0 Å². The van der Waals surface area contributed by atoms with Gasteiger partial charge in [0.05, 0.1) is 5.57 Å². The van der Waals surface area contributed by atoms with E-state index in [1.165, 1.54) is 0 Å². The molecule has 0 aliphatic carbocycles. The minimum atomic E-state index is -1.43. The van der Waals surface area contributed by atoms with Crippen LogP contribution in [0.15, 0.2) is 10.6 Å². The van der Waals surface area contributed by atoms with Crippen molar-refractivity contribution in [2.24, 2.45) is 0 Å². The smallest absolute Gasteiger partial charge is 0.347 e. The molecule has 0 amide bonds. The third-order valence-corrected chi connectivity index (χ3v) is 1.28. The molecule has 56 valence electrons. The second-order valence-electron chi connectivity index (χ2n) is 1.55. The van der Waals surface area contributed by atoms with Gasteiger partial charge in [-0.05, 0) is 6.92 Å². The van der Waals surface area contributed by atoms with Gasteiger partial charge in [0.2, 0.25) is 0 Å². The molecule has 0 rings (SSSR count). The molecule has 0 fully saturated rings. The molecule has 0 saturated carbocycles. The van der Waals surface area contributed by atoms with Gasteiger partial charge in [0.25, 0.3) is 0 Å². The van der Waals surface area contributed by atoms with Gasteiger partial charge in [-0.15, -0.1) is 0 Å². The third-order valence-electron chi connectivity index (χ3n) is 0.838. The van der Waals surface area contributed by atoms with Crippen LogP contribution in [0.5, 0.6) is 0 Å². The third kappa shape index (κ3) is 2.06. The number of aliphatic carboxylic acids is 2. The Morgan fingerprint density at radius 1 is 1.20 bits per heavy atom. The maximum absolute atomic E-state index is 10.0. The predicted molar refractivity (Wildman–Crippen MR) is 33.8 cm³/mol. The molecule has 0 bridgehead atoms. The maximum Gasteiger partial charge on any atom is 0.347 e. The quantitative estimate of drug-likeness (QED) is 0.589. The Balaban J connectivity index is 4.67. The van der Waals surface area contributed by atoms with E-state index < -0.39 is 17.0 Å². The molecular weight excluding hydrogens is 160 g/mol. The lowest BCUT2D eigenvalue weighted by Gasteiger charge is -1.93. The maximum atomic E-state index is 10.0. The lowest BCUT2D eigenvalue weighted by Crippen LogP contribution is -2.04. The summed E-state index contributed by atoms with van der Waals surface area (Å²) in [4.78, 5) is 20.0. The fourth-order valence-electron chi connectivity index (χ4n) is 0.254. The van der Waals surface area contributed by atoms with Gasteiger partial charge in [-0.1, -0.05) is 11.6 Å². The van der Waals surface area contributed by atoms with E-state index in [0.717, 1.165) is 6.92 Å². The summed E-state index contributed by atoms with van der Waals surface area (Å²) in [5, 5.41) is 15.7. The number of carboxylic acid groups (broad SMARTS) is 2. The molecule has 0 unspecified atom stereocenters. The van der Waals surface area contributed by atoms with Gasteiger partial charge in [0.1, 0.15) is 5.03 Å². The van der Waals surface area contributed by atoms with Gasteiger partial charge in [0.15, 0.2) is 0 Å². The van der Waals surface area contributed by atoms with E-state index in [1.807, 2.05) is 0 Å². The number of halogens is 1. The number of carbonyl (C=O) groups is 2. The Morgan fingerprint density at radius 3 is 1.70 bits per heavy atom. The van der Waals surface area contributed by atoms with Crippen molar-refractivity contribution in [1.29, 1.82) is 0 Å². The van der Waals surface area contributed by atoms with Gasteiger partial charge in [0, 0.05) is 0 Å². The average Bonchev–Trinajstić information content (AvgIpc) is 1.84. The van der Waals surface area contributed by atoms with Crippen LogP contribution in [0.1, 0.15) is 6.92 Å². The molecule has 10 heavy (non-hydrogen) atoms. The standard InChI is InChI=1S/C5H5ClO4/c1-2(4(7)8)3(6)5(9)10/h1H3,(H,7,8)(H,9,10)/b3-2+. The van der Waals surface area contributed by atoms with Crippen LogP contribution in [0.25, 0.3) is 0 Å². The zero-order chi connectivity index (χ0) is 8.31. The molecule has 0 aliphatic rings. The molecule has 5 heteroatoms. The number of carboxylic acids is 2. The average molecular weight is 165 g/mol.